The summed E-state index contributed by atoms with van der Waals surface area (Å²) in [5.41, 5.74) is 2.52. The van der Waals surface area contributed by atoms with Gasteiger partial charge in [0.05, 0.1) is 6.54 Å². The quantitative estimate of drug-likeness (QED) is 0.662. The van der Waals surface area contributed by atoms with Gasteiger partial charge < -0.3 is 20.1 Å². The number of hydrogen-bond acceptors (Lipinski definition) is 5. The molecule has 154 valence electrons. The third-order valence-corrected chi connectivity index (χ3v) is 4.00. The Labute approximate surface area is 168 Å². The van der Waals surface area contributed by atoms with Gasteiger partial charge in [-0.2, -0.15) is 0 Å². The molecular weight excluding hydrogens is 379 g/mol. The summed E-state index contributed by atoms with van der Waals surface area (Å²) in [5.74, 6) is -1.90. The molecule has 7 nitrogen and oxygen atoms in total. The van der Waals surface area contributed by atoms with Gasteiger partial charge in [-0.3, -0.25) is 9.59 Å². The minimum absolute atomic E-state index is 0.258. The predicted molar refractivity (Wildman–Crippen MR) is 105 cm³/mol. The molecule has 0 unspecified atom stereocenters. The van der Waals surface area contributed by atoms with Gasteiger partial charge in [-0.25, -0.2) is 9.18 Å². The second-order valence-electron chi connectivity index (χ2n) is 6.41. The van der Waals surface area contributed by atoms with Crippen molar-refractivity contribution in [2.45, 2.75) is 26.9 Å². The summed E-state index contributed by atoms with van der Waals surface area (Å²) in [7, 11) is 0. The van der Waals surface area contributed by atoms with Crippen LogP contribution in [0, 0.1) is 19.7 Å². The summed E-state index contributed by atoms with van der Waals surface area (Å²) >= 11 is 0. The lowest BCUT2D eigenvalue weighted by Crippen LogP contribution is -2.37. The van der Waals surface area contributed by atoms with E-state index in [0.717, 1.165) is 11.1 Å². The maximum absolute atomic E-state index is 12.9. The fourth-order valence-electron chi connectivity index (χ4n) is 2.44. The van der Waals surface area contributed by atoms with Gasteiger partial charge in [-0.05, 0) is 56.2 Å². The Morgan fingerprint density at radius 3 is 2.24 bits per heavy atom. The van der Waals surface area contributed by atoms with E-state index in [4.69, 9.17) is 9.47 Å². The highest BCUT2D eigenvalue weighted by molar-refractivity contribution is 5.96. The number of benzene rings is 2. The van der Waals surface area contributed by atoms with Crippen molar-refractivity contribution in [2.75, 3.05) is 18.5 Å². The molecule has 0 fully saturated rings. The van der Waals surface area contributed by atoms with Gasteiger partial charge in [-0.1, -0.05) is 18.2 Å². The maximum atomic E-state index is 12.9. The SMILES string of the molecule is Cc1cccc(C)c1NC(=O)CNC(=O)COC(=O)[C@H](C)Oc1ccc(F)cc1. The van der Waals surface area contributed by atoms with E-state index in [1.54, 1.807) is 0 Å². The molecular formula is C21H23FN2O5. The number of anilines is 1. The fourth-order valence-corrected chi connectivity index (χ4v) is 2.44. The normalized spacial score (nSPS) is 11.3. The number of rotatable bonds is 8. The molecule has 0 aliphatic carbocycles. The molecule has 0 bridgehead atoms. The highest BCUT2D eigenvalue weighted by Crippen LogP contribution is 2.19. The third-order valence-electron chi connectivity index (χ3n) is 4.00. The number of esters is 1. The number of nitrogens with one attached hydrogen (secondary N) is 2. The molecule has 0 aromatic heterocycles. The van der Waals surface area contributed by atoms with Crippen molar-refractivity contribution in [1.82, 2.24) is 5.32 Å². The summed E-state index contributed by atoms with van der Waals surface area (Å²) in [5, 5.41) is 5.12. The van der Waals surface area contributed by atoms with E-state index in [2.05, 4.69) is 10.6 Å². The van der Waals surface area contributed by atoms with Crippen molar-refractivity contribution in [1.29, 1.82) is 0 Å². The molecule has 29 heavy (non-hydrogen) atoms. The van der Waals surface area contributed by atoms with Gasteiger partial charge >= 0.3 is 5.97 Å². The lowest BCUT2D eigenvalue weighted by Gasteiger charge is -2.14. The summed E-state index contributed by atoms with van der Waals surface area (Å²) in [6.07, 6.45) is -0.986. The van der Waals surface area contributed by atoms with E-state index in [1.165, 1.54) is 31.2 Å². The third kappa shape index (κ3) is 6.91. The van der Waals surface area contributed by atoms with Crippen LogP contribution in [0.3, 0.4) is 0 Å². The number of halogens is 1. The second kappa shape index (κ2) is 10.2. The van der Waals surface area contributed by atoms with Crippen molar-refractivity contribution < 1.29 is 28.2 Å². The lowest BCUT2D eigenvalue weighted by atomic mass is 10.1. The van der Waals surface area contributed by atoms with Gasteiger partial charge in [0.25, 0.3) is 5.91 Å². The van der Waals surface area contributed by atoms with Crippen LogP contribution in [0.4, 0.5) is 10.1 Å². The van der Waals surface area contributed by atoms with Crippen molar-refractivity contribution in [3.05, 3.63) is 59.4 Å². The highest BCUT2D eigenvalue weighted by Gasteiger charge is 2.18. The van der Waals surface area contributed by atoms with Crippen molar-refractivity contribution >= 4 is 23.5 Å². The van der Waals surface area contributed by atoms with Crippen molar-refractivity contribution in [3.63, 3.8) is 0 Å². The molecule has 2 N–H and O–H groups in total. The number of carbonyl (C=O) groups is 3. The molecule has 0 heterocycles. The number of aryl methyl sites for hydroxylation is 2. The van der Waals surface area contributed by atoms with E-state index in [1.807, 2.05) is 32.0 Å². The minimum Gasteiger partial charge on any atom is -0.479 e. The molecule has 2 amide bonds. The standard InChI is InChI=1S/C21H23FN2O5/c1-13-5-4-6-14(2)20(13)24-18(25)11-23-19(26)12-28-21(27)15(3)29-17-9-7-16(22)8-10-17/h4-10,15H,11-12H2,1-3H3,(H,23,26)(H,24,25)/t15-/m0/s1. The number of para-hydroxylation sites is 1. The molecule has 0 aliphatic rings. The first-order valence-corrected chi connectivity index (χ1v) is 8.98. The molecule has 0 radical (unpaired) electrons. The molecule has 8 heteroatoms. The topological polar surface area (TPSA) is 93.7 Å². The van der Waals surface area contributed by atoms with E-state index in [9.17, 15) is 18.8 Å². The van der Waals surface area contributed by atoms with Crippen LogP contribution in [0.2, 0.25) is 0 Å². The Hall–Kier alpha value is -3.42. The van der Waals surface area contributed by atoms with E-state index < -0.39 is 36.3 Å². The van der Waals surface area contributed by atoms with Gasteiger partial charge in [0, 0.05) is 5.69 Å². The van der Waals surface area contributed by atoms with Gasteiger partial charge in [0.2, 0.25) is 5.91 Å². The van der Waals surface area contributed by atoms with Crippen LogP contribution in [-0.4, -0.2) is 37.0 Å². The summed E-state index contributed by atoms with van der Waals surface area (Å²) in [6, 6.07) is 10.8. The van der Waals surface area contributed by atoms with Crippen LogP contribution < -0.4 is 15.4 Å². The zero-order valence-corrected chi connectivity index (χ0v) is 16.5. The van der Waals surface area contributed by atoms with Crippen molar-refractivity contribution in [3.8, 4) is 5.75 Å². The molecule has 0 aliphatic heterocycles. The predicted octanol–water partition coefficient (Wildman–Crippen LogP) is 2.51. The maximum Gasteiger partial charge on any atom is 0.347 e. The summed E-state index contributed by atoms with van der Waals surface area (Å²) in [6.45, 7) is 4.38. The van der Waals surface area contributed by atoms with Crippen LogP contribution in [0.25, 0.3) is 0 Å². The summed E-state index contributed by atoms with van der Waals surface area (Å²) < 4.78 is 23.0. The van der Waals surface area contributed by atoms with Crippen LogP contribution in [0.15, 0.2) is 42.5 Å². The number of hydrogen-bond donors (Lipinski definition) is 2. The number of ether oxygens (including phenoxy) is 2. The molecule has 2 rings (SSSR count). The smallest absolute Gasteiger partial charge is 0.347 e. The Morgan fingerprint density at radius 1 is 1.00 bits per heavy atom. The molecule has 2 aromatic rings. The first-order chi connectivity index (χ1) is 13.8. The Kier molecular flexibility index (Phi) is 7.70. The van der Waals surface area contributed by atoms with Gasteiger partial charge in [0.15, 0.2) is 12.7 Å². The molecule has 1 atom stereocenters. The average molecular weight is 402 g/mol. The zero-order valence-electron chi connectivity index (χ0n) is 16.5. The first kappa shape index (κ1) is 21.9. The summed E-state index contributed by atoms with van der Waals surface area (Å²) in [4.78, 5) is 35.7. The second-order valence-corrected chi connectivity index (χ2v) is 6.41. The number of carbonyl (C=O) groups excluding carboxylic acids is 3. The van der Waals surface area contributed by atoms with Crippen LogP contribution in [0.5, 0.6) is 5.75 Å². The van der Waals surface area contributed by atoms with Crippen LogP contribution >= 0.6 is 0 Å². The monoisotopic (exact) mass is 402 g/mol. The molecule has 0 spiro atoms. The highest BCUT2D eigenvalue weighted by atomic mass is 19.1. The molecule has 0 saturated heterocycles. The minimum atomic E-state index is -0.986. The lowest BCUT2D eigenvalue weighted by molar-refractivity contribution is -0.154. The number of amides is 2. The van der Waals surface area contributed by atoms with Crippen LogP contribution in [0.1, 0.15) is 18.1 Å². The first-order valence-electron chi connectivity index (χ1n) is 8.98. The van der Waals surface area contributed by atoms with E-state index >= 15 is 0 Å². The van der Waals surface area contributed by atoms with E-state index in [-0.39, 0.29) is 6.54 Å². The Morgan fingerprint density at radius 2 is 1.62 bits per heavy atom. The fraction of sp³-hybridized carbons (Fsp3) is 0.286. The zero-order chi connectivity index (χ0) is 21.4. The Bertz CT molecular complexity index is 863. The van der Waals surface area contributed by atoms with Crippen molar-refractivity contribution in [2.24, 2.45) is 0 Å². The largest absolute Gasteiger partial charge is 0.479 e. The molecule has 2 aromatic carbocycles. The average Bonchev–Trinajstić information content (AvgIpc) is 2.69. The van der Waals surface area contributed by atoms with Gasteiger partial charge in [0.1, 0.15) is 11.6 Å². The van der Waals surface area contributed by atoms with Crippen LogP contribution in [-0.2, 0) is 19.1 Å². The Balaban J connectivity index is 1.72. The van der Waals surface area contributed by atoms with Gasteiger partial charge in [-0.15, -0.1) is 0 Å². The van der Waals surface area contributed by atoms with E-state index in [0.29, 0.717) is 11.4 Å². The molecule has 0 saturated carbocycles.